The maximum absolute atomic E-state index is 5.78. The number of halogens is 1. The zero-order valence-corrected chi connectivity index (χ0v) is 19.4. The Bertz CT molecular complexity index is 834. The van der Waals surface area contributed by atoms with E-state index in [2.05, 4.69) is 32.6 Å². The fraction of sp³-hybridized carbons (Fsp3) is 0.600. The molecule has 4 rings (SSSR count). The first-order valence-electron chi connectivity index (χ1n) is 10.2. The summed E-state index contributed by atoms with van der Waals surface area (Å²) in [5, 5.41) is 11.4. The number of ether oxygens (including phenoxy) is 1. The number of pyridine rings is 1. The van der Waals surface area contributed by atoms with E-state index in [4.69, 9.17) is 9.73 Å². The van der Waals surface area contributed by atoms with Crippen molar-refractivity contribution in [3.63, 3.8) is 0 Å². The van der Waals surface area contributed by atoms with Gasteiger partial charge in [0.1, 0.15) is 11.6 Å². The SMILES string of the molecule is CCNC(=NCc1ccnc(OCC2CC2)c1)NC1CCc2nc(C)nn2C1.I. The molecule has 0 bridgehead atoms. The maximum Gasteiger partial charge on any atom is 0.213 e. The van der Waals surface area contributed by atoms with Crippen LogP contribution in [-0.2, 0) is 19.5 Å². The van der Waals surface area contributed by atoms with Gasteiger partial charge in [0.25, 0.3) is 0 Å². The molecule has 0 amide bonds. The number of aryl methyl sites for hydroxylation is 2. The molecule has 0 radical (unpaired) electrons. The number of hydrogen-bond acceptors (Lipinski definition) is 5. The van der Waals surface area contributed by atoms with Crippen molar-refractivity contribution in [2.24, 2.45) is 10.9 Å². The summed E-state index contributed by atoms with van der Waals surface area (Å²) in [6, 6.07) is 4.27. The molecule has 1 fully saturated rings. The third kappa shape index (κ3) is 6.28. The summed E-state index contributed by atoms with van der Waals surface area (Å²) in [5.74, 6) is 4.16. The number of rotatable bonds is 7. The van der Waals surface area contributed by atoms with Crippen molar-refractivity contribution in [1.82, 2.24) is 30.4 Å². The lowest BCUT2D eigenvalue weighted by Crippen LogP contribution is -2.47. The van der Waals surface area contributed by atoms with E-state index < -0.39 is 0 Å². The van der Waals surface area contributed by atoms with Crippen molar-refractivity contribution in [2.75, 3.05) is 13.2 Å². The van der Waals surface area contributed by atoms with E-state index in [9.17, 15) is 0 Å². The smallest absolute Gasteiger partial charge is 0.213 e. The van der Waals surface area contributed by atoms with Crippen LogP contribution in [0.3, 0.4) is 0 Å². The van der Waals surface area contributed by atoms with Crippen molar-refractivity contribution in [1.29, 1.82) is 0 Å². The van der Waals surface area contributed by atoms with Gasteiger partial charge in [-0.2, -0.15) is 5.10 Å². The van der Waals surface area contributed by atoms with E-state index in [0.717, 1.165) is 61.6 Å². The molecule has 2 aliphatic rings. The Morgan fingerprint density at radius 3 is 3.00 bits per heavy atom. The molecule has 8 nitrogen and oxygen atoms in total. The third-order valence-electron chi connectivity index (χ3n) is 5.03. The molecule has 29 heavy (non-hydrogen) atoms. The van der Waals surface area contributed by atoms with E-state index in [0.29, 0.717) is 18.5 Å². The second kappa shape index (κ2) is 10.2. The number of guanidine groups is 1. The first-order chi connectivity index (χ1) is 13.7. The number of hydrogen-bond donors (Lipinski definition) is 2. The highest BCUT2D eigenvalue weighted by Gasteiger charge is 2.22. The highest BCUT2D eigenvalue weighted by Crippen LogP contribution is 2.29. The predicted octanol–water partition coefficient (Wildman–Crippen LogP) is 2.46. The van der Waals surface area contributed by atoms with Crippen LogP contribution < -0.4 is 15.4 Å². The minimum Gasteiger partial charge on any atom is -0.477 e. The van der Waals surface area contributed by atoms with Gasteiger partial charge in [0, 0.05) is 31.3 Å². The van der Waals surface area contributed by atoms with Crippen LogP contribution in [0.25, 0.3) is 0 Å². The van der Waals surface area contributed by atoms with Crippen LogP contribution in [0.15, 0.2) is 23.3 Å². The summed E-state index contributed by atoms with van der Waals surface area (Å²) in [4.78, 5) is 13.5. The minimum absolute atomic E-state index is 0. The molecule has 2 aromatic rings. The standard InChI is InChI=1S/C20H29N7O.HI/c1-3-21-20(25-17-6-7-18-24-14(2)26-27(18)12-17)23-11-16-8-9-22-19(10-16)28-13-15-4-5-15;/h8-10,15,17H,3-7,11-13H2,1-2H3,(H2,21,23,25);1H. The normalized spacial score (nSPS) is 18.6. The summed E-state index contributed by atoms with van der Waals surface area (Å²) < 4.78 is 7.78. The van der Waals surface area contributed by atoms with Crippen LogP contribution in [0.5, 0.6) is 5.88 Å². The van der Waals surface area contributed by atoms with Gasteiger partial charge in [-0.1, -0.05) is 0 Å². The van der Waals surface area contributed by atoms with Gasteiger partial charge in [-0.05, 0) is 50.7 Å². The number of nitrogens with one attached hydrogen (secondary N) is 2. The van der Waals surface area contributed by atoms with Crippen molar-refractivity contribution in [3.05, 3.63) is 35.5 Å². The van der Waals surface area contributed by atoms with E-state index in [1.807, 2.05) is 23.7 Å². The fourth-order valence-electron chi connectivity index (χ4n) is 3.35. The van der Waals surface area contributed by atoms with E-state index in [-0.39, 0.29) is 24.0 Å². The third-order valence-corrected chi connectivity index (χ3v) is 5.03. The van der Waals surface area contributed by atoms with Crippen LogP contribution in [-0.4, -0.2) is 44.9 Å². The van der Waals surface area contributed by atoms with Crippen LogP contribution in [0, 0.1) is 12.8 Å². The number of aliphatic imine (C=N–C) groups is 1. The molecule has 3 heterocycles. The van der Waals surface area contributed by atoms with Crippen LogP contribution in [0.1, 0.15) is 43.4 Å². The van der Waals surface area contributed by atoms with Crippen LogP contribution >= 0.6 is 24.0 Å². The van der Waals surface area contributed by atoms with Gasteiger partial charge in [-0.25, -0.2) is 19.6 Å². The van der Waals surface area contributed by atoms with Gasteiger partial charge in [-0.15, -0.1) is 24.0 Å². The first kappa shape index (κ1) is 21.8. The fourth-order valence-corrected chi connectivity index (χ4v) is 3.35. The molecule has 1 saturated carbocycles. The lowest BCUT2D eigenvalue weighted by molar-refractivity contribution is 0.288. The highest BCUT2D eigenvalue weighted by molar-refractivity contribution is 14.0. The first-order valence-corrected chi connectivity index (χ1v) is 10.2. The predicted molar refractivity (Wildman–Crippen MR) is 123 cm³/mol. The Kier molecular flexibility index (Phi) is 7.68. The van der Waals surface area contributed by atoms with Gasteiger partial charge < -0.3 is 15.4 Å². The minimum atomic E-state index is 0. The summed E-state index contributed by atoms with van der Waals surface area (Å²) in [7, 11) is 0. The second-order valence-corrected chi connectivity index (χ2v) is 7.59. The maximum atomic E-state index is 5.78. The largest absolute Gasteiger partial charge is 0.477 e. The highest BCUT2D eigenvalue weighted by atomic mass is 127. The number of fused-ring (bicyclic) bond motifs is 1. The summed E-state index contributed by atoms with van der Waals surface area (Å²) >= 11 is 0. The summed E-state index contributed by atoms with van der Waals surface area (Å²) in [6.45, 7) is 7.00. The van der Waals surface area contributed by atoms with E-state index in [1.54, 1.807) is 6.20 Å². The number of nitrogens with zero attached hydrogens (tertiary/aromatic N) is 5. The molecule has 1 aliphatic carbocycles. The topological polar surface area (TPSA) is 89.2 Å². The average molecular weight is 511 g/mol. The molecule has 0 saturated heterocycles. The van der Waals surface area contributed by atoms with Gasteiger partial charge >= 0.3 is 0 Å². The van der Waals surface area contributed by atoms with Crippen LogP contribution in [0.2, 0.25) is 0 Å². The molecule has 2 N–H and O–H groups in total. The van der Waals surface area contributed by atoms with Crippen LogP contribution in [0.4, 0.5) is 0 Å². The lowest BCUT2D eigenvalue weighted by Gasteiger charge is -2.25. The molecule has 1 unspecified atom stereocenters. The van der Waals surface area contributed by atoms with Gasteiger partial charge in [0.05, 0.1) is 19.7 Å². The Morgan fingerprint density at radius 1 is 1.34 bits per heavy atom. The number of aromatic nitrogens is 4. The van der Waals surface area contributed by atoms with Crippen molar-refractivity contribution in [3.8, 4) is 5.88 Å². The molecule has 2 aromatic heterocycles. The van der Waals surface area contributed by atoms with Gasteiger partial charge in [0.15, 0.2) is 5.96 Å². The Morgan fingerprint density at radius 2 is 2.21 bits per heavy atom. The quantitative estimate of drug-likeness (QED) is 0.338. The monoisotopic (exact) mass is 511 g/mol. The van der Waals surface area contributed by atoms with Crippen molar-refractivity contribution < 1.29 is 4.74 Å². The molecule has 1 aliphatic heterocycles. The zero-order chi connectivity index (χ0) is 19.3. The Labute approximate surface area is 189 Å². The average Bonchev–Trinajstić information content (AvgIpc) is 3.45. The molecule has 0 spiro atoms. The molecular formula is C20H30IN7O. The molecule has 9 heteroatoms. The second-order valence-electron chi connectivity index (χ2n) is 7.59. The summed E-state index contributed by atoms with van der Waals surface area (Å²) in [6.07, 6.45) is 6.31. The Hall–Kier alpha value is -1.91. The van der Waals surface area contributed by atoms with E-state index >= 15 is 0 Å². The molecule has 0 aromatic carbocycles. The molecular weight excluding hydrogens is 481 g/mol. The van der Waals surface area contributed by atoms with Gasteiger partial charge in [0.2, 0.25) is 5.88 Å². The molecule has 158 valence electrons. The van der Waals surface area contributed by atoms with Crippen molar-refractivity contribution >= 4 is 29.9 Å². The summed E-state index contributed by atoms with van der Waals surface area (Å²) in [5.41, 5.74) is 1.09. The zero-order valence-electron chi connectivity index (χ0n) is 17.1. The lowest BCUT2D eigenvalue weighted by atomic mass is 10.1. The van der Waals surface area contributed by atoms with E-state index in [1.165, 1.54) is 12.8 Å². The van der Waals surface area contributed by atoms with Crippen molar-refractivity contribution in [2.45, 2.75) is 58.7 Å². The Balaban J connectivity index is 0.00000240. The van der Waals surface area contributed by atoms with Gasteiger partial charge in [-0.3, -0.25) is 0 Å². The molecule has 1 atom stereocenters.